The van der Waals surface area contributed by atoms with Gasteiger partial charge in [-0.15, -0.1) is 0 Å². The molecule has 0 aliphatic carbocycles. The molecule has 1 aromatic heterocycles. The zero-order valence-corrected chi connectivity index (χ0v) is 16.2. The second kappa shape index (κ2) is 7.20. The van der Waals surface area contributed by atoms with E-state index in [-0.39, 0.29) is 23.2 Å². The number of carbonyl (C=O) groups is 1. The van der Waals surface area contributed by atoms with Crippen molar-refractivity contribution in [2.75, 3.05) is 0 Å². The topological polar surface area (TPSA) is 92.1 Å². The monoisotopic (exact) mass is 418 g/mol. The zero-order valence-electron chi connectivity index (χ0n) is 16.2. The molecule has 0 saturated heterocycles. The van der Waals surface area contributed by atoms with E-state index in [1.807, 2.05) is 6.07 Å². The summed E-state index contributed by atoms with van der Waals surface area (Å²) in [4.78, 5) is 20.0. The van der Waals surface area contributed by atoms with E-state index >= 15 is 0 Å². The predicted octanol–water partition coefficient (Wildman–Crippen LogP) is 3.86. The van der Waals surface area contributed by atoms with Crippen molar-refractivity contribution in [3.63, 3.8) is 0 Å². The van der Waals surface area contributed by atoms with Gasteiger partial charge in [-0.1, -0.05) is 6.07 Å². The molecule has 156 valence electrons. The quantitative estimate of drug-likeness (QED) is 0.603. The normalized spacial score (nSPS) is 25.3. The second-order valence-corrected chi connectivity index (χ2v) is 7.61. The van der Waals surface area contributed by atoms with E-state index in [0.717, 1.165) is 26.0 Å². The molecular weight excluding hydrogens is 400 g/mol. The molecular formula is C21H18F4N4O. The fraction of sp³-hybridized carbons (Fsp3) is 0.333. The highest BCUT2D eigenvalue weighted by Gasteiger charge is 2.60. The summed E-state index contributed by atoms with van der Waals surface area (Å²) in [5.41, 5.74) is 0.717. The number of Topliss-reactive ketones (excluding diaryl/α,β-unsaturated/α-hetero) is 1. The maximum Gasteiger partial charge on any atom is 0.280 e. The van der Waals surface area contributed by atoms with Gasteiger partial charge in [0.15, 0.2) is 17.0 Å². The number of nitrogens with zero attached hydrogens (tertiary/aromatic N) is 3. The van der Waals surface area contributed by atoms with Gasteiger partial charge >= 0.3 is 0 Å². The van der Waals surface area contributed by atoms with Gasteiger partial charge in [0.1, 0.15) is 23.4 Å². The van der Waals surface area contributed by atoms with Crippen LogP contribution in [0, 0.1) is 17.1 Å². The molecule has 0 radical (unpaired) electrons. The Balaban J connectivity index is 1.98. The molecule has 1 aliphatic heterocycles. The van der Waals surface area contributed by atoms with Crippen LogP contribution in [0.15, 0.2) is 41.5 Å². The molecule has 3 rings (SSSR count). The van der Waals surface area contributed by atoms with E-state index in [0.29, 0.717) is 0 Å². The number of nitriles is 1. The number of rotatable bonds is 4. The first-order valence-electron chi connectivity index (χ1n) is 9.00. The average Bonchev–Trinajstić information content (AvgIpc) is 2.67. The molecule has 2 N–H and O–H groups in total. The van der Waals surface area contributed by atoms with Crippen LogP contribution < -0.4 is 5.73 Å². The minimum atomic E-state index is -3.72. The van der Waals surface area contributed by atoms with Crippen molar-refractivity contribution in [3.05, 3.63) is 64.7 Å². The zero-order chi connectivity index (χ0) is 22.3. The van der Waals surface area contributed by atoms with Gasteiger partial charge < -0.3 is 5.73 Å². The molecule has 0 bridgehead atoms. The molecule has 2 aromatic rings. The third kappa shape index (κ3) is 3.65. The molecule has 2 heterocycles. The number of benzene rings is 1. The molecule has 2 atom stereocenters. The first-order valence-corrected chi connectivity index (χ1v) is 9.00. The van der Waals surface area contributed by atoms with Crippen molar-refractivity contribution in [2.45, 2.75) is 43.8 Å². The van der Waals surface area contributed by atoms with Crippen LogP contribution in [0.25, 0.3) is 0 Å². The van der Waals surface area contributed by atoms with E-state index in [9.17, 15) is 22.4 Å². The summed E-state index contributed by atoms with van der Waals surface area (Å²) in [6.07, 6.45) is -0.254. The largest absolute Gasteiger partial charge is 0.385 e. The lowest BCUT2D eigenvalue weighted by Gasteiger charge is -2.42. The Morgan fingerprint density at radius 1 is 1.23 bits per heavy atom. The fourth-order valence-corrected chi connectivity index (χ4v) is 3.33. The first-order chi connectivity index (χ1) is 13.9. The maximum absolute atomic E-state index is 14.8. The lowest BCUT2D eigenvalue weighted by Crippen LogP contribution is -2.56. The number of carbonyl (C=O) groups excluding carboxylic acids is 1. The van der Waals surface area contributed by atoms with Gasteiger partial charge in [-0.2, -0.15) is 5.26 Å². The Labute approximate surface area is 170 Å². The van der Waals surface area contributed by atoms with Crippen LogP contribution in [0.2, 0.25) is 0 Å². The predicted molar refractivity (Wildman–Crippen MR) is 101 cm³/mol. The number of aliphatic imine (C=N–C) groups is 1. The van der Waals surface area contributed by atoms with E-state index in [1.165, 1.54) is 24.4 Å². The standard InChI is InChI=1S/C21H18F4N4O/c1-19(23)11-21(24,25)20(2,29-18(19)27)14-7-12(3-5-15(14)22)8-17(30)16-6-4-13(9-26)10-28-16/h3-7,10H,8,11H2,1-2H3,(H2,27,29)/t19-,20-/m1/s1. The van der Waals surface area contributed by atoms with E-state index in [2.05, 4.69) is 9.98 Å². The summed E-state index contributed by atoms with van der Waals surface area (Å²) in [5, 5.41) is 8.79. The van der Waals surface area contributed by atoms with Crippen molar-refractivity contribution in [1.82, 2.24) is 4.98 Å². The summed E-state index contributed by atoms with van der Waals surface area (Å²) in [6.45, 7) is 1.89. The highest BCUT2D eigenvalue weighted by atomic mass is 19.3. The highest BCUT2D eigenvalue weighted by Crippen LogP contribution is 2.50. The molecule has 30 heavy (non-hydrogen) atoms. The number of hydrogen-bond acceptors (Lipinski definition) is 5. The molecule has 9 heteroatoms. The number of pyridine rings is 1. The Kier molecular flexibility index (Phi) is 5.14. The van der Waals surface area contributed by atoms with Gasteiger partial charge in [-0.25, -0.2) is 17.6 Å². The third-order valence-electron chi connectivity index (χ3n) is 5.24. The summed E-state index contributed by atoms with van der Waals surface area (Å²) in [5.74, 6) is -5.78. The molecule has 0 spiro atoms. The number of hydrogen-bond donors (Lipinski definition) is 1. The van der Waals surface area contributed by atoms with Crippen molar-refractivity contribution >= 4 is 11.6 Å². The Morgan fingerprint density at radius 3 is 2.53 bits per heavy atom. The van der Waals surface area contributed by atoms with Gasteiger partial charge in [0.2, 0.25) is 0 Å². The molecule has 5 nitrogen and oxygen atoms in total. The molecule has 1 aromatic carbocycles. The molecule has 0 unspecified atom stereocenters. The summed E-state index contributed by atoms with van der Waals surface area (Å²) < 4.78 is 58.5. The Bertz CT molecular complexity index is 1070. The van der Waals surface area contributed by atoms with E-state index < -0.39 is 46.6 Å². The number of nitrogens with two attached hydrogens (primary N) is 1. The first kappa shape index (κ1) is 21.4. The van der Waals surface area contributed by atoms with Crippen LogP contribution in [-0.4, -0.2) is 28.2 Å². The number of ketones is 1. The summed E-state index contributed by atoms with van der Waals surface area (Å²) in [7, 11) is 0. The molecule has 0 saturated carbocycles. The van der Waals surface area contributed by atoms with Crippen LogP contribution in [0.4, 0.5) is 17.6 Å². The molecule has 0 amide bonds. The van der Waals surface area contributed by atoms with Crippen LogP contribution >= 0.6 is 0 Å². The molecule has 1 aliphatic rings. The van der Waals surface area contributed by atoms with Gasteiger partial charge in [0, 0.05) is 18.2 Å². The van der Waals surface area contributed by atoms with Crippen molar-refractivity contribution < 1.29 is 22.4 Å². The second-order valence-electron chi connectivity index (χ2n) is 7.61. The minimum absolute atomic E-state index is 0.0737. The number of aromatic nitrogens is 1. The van der Waals surface area contributed by atoms with Crippen molar-refractivity contribution in [1.29, 1.82) is 5.26 Å². The minimum Gasteiger partial charge on any atom is -0.385 e. The van der Waals surface area contributed by atoms with Crippen molar-refractivity contribution in [3.8, 4) is 6.07 Å². The summed E-state index contributed by atoms with van der Waals surface area (Å²) >= 11 is 0. The smallest absolute Gasteiger partial charge is 0.280 e. The van der Waals surface area contributed by atoms with E-state index in [4.69, 9.17) is 11.0 Å². The lowest BCUT2D eigenvalue weighted by atomic mass is 9.77. The lowest BCUT2D eigenvalue weighted by molar-refractivity contribution is -0.106. The van der Waals surface area contributed by atoms with Crippen molar-refractivity contribution in [2.24, 2.45) is 10.7 Å². The van der Waals surface area contributed by atoms with Gasteiger partial charge in [-0.3, -0.25) is 14.8 Å². The van der Waals surface area contributed by atoms with Crippen LogP contribution in [-0.2, 0) is 12.0 Å². The third-order valence-corrected chi connectivity index (χ3v) is 5.24. The summed E-state index contributed by atoms with van der Waals surface area (Å²) in [6, 6.07) is 8.03. The SMILES string of the molecule is C[C@@]1(F)CC(F)(F)[C@@](C)(c2cc(CC(=O)c3ccc(C#N)cn3)ccc2F)N=C1N. The average molecular weight is 418 g/mol. The highest BCUT2D eigenvalue weighted by molar-refractivity contribution is 5.95. The number of alkyl halides is 3. The van der Waals surface area contributed by atoms with Crippen LogP contribution in [0.5, 0.6) is 0 Å². The number of amidine groups is 1. The van der Waals surface area contributed by atoms with Gasteiger partial charge in [0.05, 0.1) is 12.0 Å². The maximum atomic E-state index is 14.8. The van der Waals surface area contributed by atoms with Gasteiger partial charge in [-0.05, 0) is 43.7 Å². The van der Waals surface area contributed by atoms with Gasteiger partial charge in [0.25, 0.3) is 5.92 Å². The molecule has 0 fully saturated rings. The number of halogens is 4. The van der Waals surface area contributed by atoms with E-state index in [1.54, 1.807) is 0 Å². The fourth-order valence-electron chi connectivity index (χ4n) is 3.33. The Hall–Kier alpha value is -3.28. The van der Waals surface area contributed by atoms with Crippen LogP contribution in [0.3, 0.4) is 0 Å². The van der Waals surface area contributed by atoms with Crippen LogP contribution in [0.1, 0.15) is 47.4 Å². The Morgan fingerprint density at radius 2 is 1.93 bits per heavy atom.